The highest BCUT2D eigenvalue weighted by atomic mass is 32.2. The van der Waals surface area contributed by atoms with E-state index in [0.717, 1.165) is 24.0 Å². The van der Waals surface area contributed by atoms with E-state index >= 15 is 0 Å². The maximum Gasteiger partial charge on any atom is 0.146 e. The first-order chi connectivity index (χ1) is 16.1. The van der Waals surface area contributed by atoms with Gasteiger partial charge in [-0.2, -0.15) is 10.5 Å². The van der Waals surface area contributed by atoms with Crippen molar-refractivity contribution < 1.29 is 9.47 Å². The Hall–Kier alpha value is -3.59. The smallest absolute Gasteiger partial charge is 0.146 e. The van der Waals surface area contributed by atoms with Crippen LogP contribution in [0.1, 0.15) is 24.0 Å². The van der Waals surface area contributed by atoms with Crippen LogP contribution in [0.25, 0.3) is 11.1 Å². The van der Waals surface area contributed by atoms with Crippen molar-refractivity contribution >= 4 is 23.8 Å². The SMILES string of the molecule is C=C(/C=C\C=N)CSc1nc(NC2CC2)c(C#N)c(-c2ccc(OCCOC)cc2)c1C#N. The number of anilines is 1. The summed E-state index contributed by atoms with van der Waals surface area (Å²) in [6, 6.07) is 12.2. The number of nitrogens with one attached hydrogen (secondary N) is 2. The summed E-state index contributed by atoms with van der Waals surface area (Å²) in [7, 11) is 1.62. The second kappa shape index (κ2) is 11.9. The summed E-state index contributed by atoms with van der Waals surface area (Å²) < 4.78 is 10.6. The third-order valence-corrected chi connectivity index (χ3v) is 5.91. The third kappa shape index (κ3) is 6.45. The zero-order chi connectivity index (χ0) is 23.6. The van der Waals surface area contributed by atoms with Crippen molar-refractivity contribution in [3.63, 3.8) is 0 Å². The molecule has 2 aromatic rings. The van der Waals surface area contributed by atoms with E-state index in [2.05, 4.69) is 29.0 Å². The highest BCUT2D eigenvalue weighted by molar-refractivity contribution is 7.99. The van der Waals surface area contributed by atoms with Crippen LogP contribution in [0.15, 0.2) is 53.6 Å². The van der Waals surface area contributed by atoms with E-state index in [4.69, 9.17) is 14.9 Å². The monoisotopic (exact) mass is 459 g/mol. The lowest BCUT2D eigenvalue weighted by Gasteiger charge is -2.16. The molecule has 0 aliphatic heterocycles. The van der Waals surface area contributed by atoms with Crippen LogP contribution in [0.3, 0.4) is 0 Å². The van der Waals surface area contributed by atoms with Crippen molar-refractivity contribution in [3.8, 4) is 29.0 Å². The predicted octanol–water partition coefficient (Wildman–Crippen LogP) is 4.95. The molecule has 2 N–H and O–H groups in total. The number of hydrogen-bond acceptors (Lipinski definition) is 8. The largest absolute Gasteiger partial charge is 0.491 e. The fourth-order valence-corrected chi connectivity index (χ4v) is 3.92. The number of hydrogen-bond donors (Lipinski definition) is 2. The van der Waals surface area contributed by atoms with Crippen LogP contribution >= 0.6 is 11.8 Å². The molecule has 33 heavy (non-hydrogen) atoms. The van der Waals surface area contributed by atoms with E-state index in [1.165, 1.54) is 18.0 Å². The van der Waals surface area contributed by atoms with Crippen LogP contribution in [0.2, 0.25) is 0 Å². The quantitative estimate of drug-likeness (QED) is 0.200. The molecular formula is C25H25N5O2S. The number of nitrogens with zero attached hydrogens (tertiary/aromatic N) is 3. The molecule has 168 valence electrons. The molecule has 1 saturated carbocycles. The molecule has 3 rings (SSSR count). The molecule has 0 radical (unpaired) electrons. The molecule has 1 fully saturated rings. The second-order valence-corrected chi connectivity index (χ2v) is 8.34. The molecule has 1 aromatic heterocycles. The van der Waals surface area contributed by atoms with Crippen LogP contribution in [0.5, 0.6) is 5.75 Å². The Morgan fingerprint density at radius 2 is 1.97 bits per heavy atom. The van der Waals surface area contributed by atoms with E-state index < -0.39 is 0 Å². The van der Waals surface area contributed by atoms with Crippen molar-refractivity contribution in [2.45, 2.75) is 23.9 Å². The van der Waals surface area contributed by atoms with Gasteiger partial charge in [-0.3, -0.25) is 0 Å². The maximum atomic E-state index is 10.0. The van der Waals surface area contributed by atoms with Gasteiger partial charge in [0.1, 0.15) is 40.9 Å². The van der Waals surface area contributed by atoms with Gasteiger partial charge >= 0.3 is 0 Å². The Bertz CT molecular complexity index is 1130. The lowest BCUT2D eigenvalue weighted by molar-refractivity contribution is 0.146. The first kappa shape index (κ1) is 24.1. The Morgan fingerprint density at radius 1 is 1.24 bits per heavy atom. The van der Waals surface area contributed by atoms with Crippen molar-refractivity contribution in [1.82, 2.24) is 4.98 Å². The van der Waals surface area contributed by atoms with Gasteiger partial charge in [0.05, 0.1) is 12.2 Å². The van der Waals surface area contributed by atoms with E-state index in [1.807, 2.05) is 24.3 Å². The van der Waals surface area contributed by atoms with Crippen LogP contribution in [-0.4, -0.2) is 43.3 Å². The van der Waals surface area contributed by atoms with Gasteiger partial charge in [-0.1, -0.05) is 24.8 Å². The number of aromatic nitrogens is 1. The summed E-state index contributed by atoms with van der Waals surface area (Å²) >= 11 is 1.39. The third-order valence-electron chi connectivity index (χ3n) is 4.83. The molecule has 1 aromatic carbocycles. The minimum absolute atomic E-state index is 0.297. The predicted molar refractivity (Wildman–Crippen MR) is 131 cm³/mol. The van der Waals surface area contributed by atoms with Crippen molar-refractivity contribution in [3.05, 3.63) is 59.7 Å². The van der Waals surface area contributed by atoms with Gasteiger partial charge in [-0.05, 0) is 42.2 Å². The van der Waals surface area contributed by atoms with Crippen LogP contribution in [0.4, 0.5) is 5.82 Å². The summed E-state index contributed by atoms with van der Waals surface area (Å²) in [6.45, 7) is 4.91. The van der Waals surface area contributed by atoms with Gasteiger partial charge in [0, 0.05) is 30.7 Å². The molecule has 0 bridgehead atoms. The number of thioether (sulfide) groups is 1. The number of allylic oxidation sites excluding steroid dienone is 2. The molecule has 0 unspecified atom stereocenters. The highest BCUT2D eigenvalue weighted by Gasteiger charge is 2.27. The number of ether oxygens (including phenoxy) is 2. The maximum absolute atomic E-state index is 10.0. The summed E-state index contributed by atoms with van der Waals surface area (Å²) in [4.78, 5) is 4.66. The highest BCUT2D eigenvalue weighted by Crippen LogP contribution is 2.39. The number of rotatable bonds is 12. The molecule has 1 aliphatic rings. The average molecular weight is 460 g/mol. The molecular weight excluding hydrogens is 434 g/mol. The second-order valence-electron chi connectivity index (χ2n) is 7.37. The Morgan fingerprint density at radius 3 is 2.58 bits per heavy atom. The van der Waals surface area contributed by atoms with Crippen LogP contribution in [-0.2, 0) is 4.74 Å². The Labute approximate surface area is 198 Å². The summed E-state index contributed by atoms with van der Waals surface area (Å²) in [5.41, 5.74) is 2.82. The standard InChI is InChI=1S/C25H25N5O2S/c1-17(4-3-11-26)16-33-25-22(15-28)23(21(14-27)24(30-25)29-19-7-8-19)18-5-9-20(10-6-18)32-13-12-31-2/h3-6,9-11,19,26H,1,7-8,12-13,16H2,2H3,(H,29,30)/b4-3-,26-11?. The summed E-state index contributed by atoms with van der Waals surface area (Å²) in [5, 5.41) is 31.0. The normalized spacial score (nSPS) is 12.7. The first-order valence-electron chi connectivity index (χ1n) is 10.5. The van der Waals surface area contributed by atoms with Crippen LogP contribution in [0, 0.1) is 28.1 Å². The zero-order valence-electron chi connectivity index (χ0n) is 18.4. The van der Waals surface area contributed by atoms with Crippen LogP contribution < -0.4 is 10.1 Å². The van der Waals surface area contributed by atoms with E-state index in [9.17, 15) is 10.5 Å². The van der Waals surface area contributed by atoms with Gasteiger partial charge < -0.3 is 20.2 Å². The molecule has 0 spiro atoms. The number of benzene rings is 1. The number of methoxy groups -OCH3 is 1. The number of nitriles is 2. The fraction of sp³-hybridized carbons (Fsp3) is 0.280. The minimum atomic E-state index is 0.297. The van der Waals surface area contributed by atoms with E-state index in [1.54, 1.807) is 19.3 Å². The summed E-state index contributed by atoms with van der Waals surface area (Å²) in [5.74, 6) is 1.69. The molecule has 0 amide bonds. The van der Waals surface area contributed by atoms with Gasteiger partial charge in [-0.25, -0.2) is 4.98 Å². The first-order valence-corrected chi connectivity index (χ1v) is 11.4. The van der Waals surface area contributed by atoms with Gasteiger partial charge in [-0.15, -0.1) is 11.8 Å². The minimum Gasteiger partial charge on any atom is -0.491 e. The molecule has 7 nitrogen and oxygen atoms in total. The van der Waals surface area contributed by atoms with Gasteiger partial charge in [0.25, 0.3) is 0 Å². The molecule has 0 atom stereocenters. The number of pyridine rings is 1. The van der Waals surface area contributed by atoms with Gasteiger partial charge in [0.2, 0.25) is 0 Å². The fourth-order valence-electron chi connectivity index (χ4n) is 3.05. The molecule has 8 heteroatoms. The van der Waals surface area contributed by atoms with Gasteiger partial charge in [0.15, 0.2) is 0 Å². The summed E-state index contributed by atoms with van der Waals surface area (Å²) in [6.07, 6.45) is 6.60. The molecule has 1 heterocycles. The lowest BCUT2D eigenvalue weighted by atomic mass is 9.96. The topological polar surface area (TPSA) is 115 Å². The Balaban J connectivity index is 2.01. The van der Waals surface area contributed by atoms with Crippen molar-refractivity contribution in [1.29, 1.82) is 15.9 Å². The van der Waals surface area contributed by atoms with E-state index in [-0.39, 0.29) is 0 Å². The molecule has 0 saturated heterocycles. The Kier molecular flexibility index (Phi) is 8.65. The van der Waals surface area contributed by atoms with Crippen molar-refractivity contribution in [2.75, 3.05) is 31.4 Å². The zero-order valence-corrected chi connectivity index (χ0v) is 19.2. The van der Waals surface area contributed by atoms with Crippen molar-refractivity contribution in [2.24, 2.45) is 0 Å². The lowest BCUT2D eigenvalue weighted by Crippen LogP contribution is -2.09. The average Bonchev–Trinajstić information content (AvgIpc) is 3.65. The molecule has 1 aliphatic carbocycles. The van der Waals surface area contributed by atoms with E-state index in [0.29, 0.717) is 58.3 Å².